The van der Waals surface area contributed by atoms with Gasteiger partial charge in [0.1, 0.15) is 7.80 Å². The van der Waals surface area contributed by atoms with Gasteiger partial charge in [-0.15, -0.1) is 0 Å². The van der Waals surface area contributed by atoms with Crippen molar-refractivity contribution in [2.24, 2.45) is 5.92 Å². The van der Waals surface area contributed by atoms with E-state index in [1.165, 1.54) is 6.92 Å². The number of ether oxygens (including phenoxy) is 1. The molecular formula is C8H15O6P. The second-order valence-corrected chi connectivity index (χ2v) is 5.18. The Morgan fingerprint density at radius 3 is 2.13 bits per heavy atom. The first-order valence-corrected chi connectivity index (χ1v) is 6.17. The molecule has 0 rings (SSSR count). The lowest BCUT2D eigenvalue weighted by Crippen LogP contribution is -2.31. The highest BCUT2D eigenvalue weighted by Crippen LogP contribution is 2.33. The normalized spacial score (nSPS) is 14.9. The predicted molar refractivity (Wildman–Crippen MR) is 53.7 cm³/mol. The van der Waals surface area contributed by atoms with Crippen LogP contribution >= 0.6 is 7.80 Å². The van der Waals surface area contributed by atoms with Crippen LogP contribution in [-0.2, 0) is 18.9 Å². The van der Waals surface area contributed by atoms with E-state index in [-0.39, 0.29) is 6.35 Å². The summed E-state index contributed by atoms with van der Waals surface area (Å²) >= 11 is 0. The van der Waals surface area contributed by atoms with Gasteiger partial charge in [-0.1, -0.05) is 6.92 Å². The predicted octanol–water partition coefficient (Wildman–Crippen LogP) is 0.714. The highest BCUT2D eigenvalue weighted by atomic mass is 31.1. The maximum atomic E-state index is 11.5. The molecule has 0 heterocycles. The molecule has 2 unspecified atom stereocenters. The van der Waals surface area contributed by atoms with Gasteiger partial charge < -0.3 is 19.5 Å². The maximum absolute atomic E-state index is 11.5. The Hall–Kier alpha value is -0.870. The van der Waals surface area contributed by atoms with Crippen molar-refractivity contribution in [2.45, 2.75) is 19.5 Å². The molecule has 0 spiro atoms. The van der Waals surface area contributed by atoms with Crippen LogP contribution in [0.15, 0.2) is 0 Å². The van der Waals surface area contributed by atoms with Crippen LogP contribution in [0.4, 0.5) is 0 Å². The van der Waals surface area contributed by atoms with Crippen LogP contribution in [-0.4, -0.2) is 40.8 Å². The molecule has 0 saturated heterocycles. The number of rotatable bonds is 7. The molecule has 0 saturated carbocycles. The summed E-state index contributed by atoms with van der Waals surface area (Å²) in [5.74, 6) is -4.56. The molecule has 2 N–H and O–H groups in total. The smallest absolute Gasteiger partial charge is 0.318 e. The lowest BCUT2D eigenvalue weighted by molar-refractivity contribution is -0.154. The Kier molecular flexibility index (Phi) is 6.20. The van der Waals surface area contributed by atoms with E-state index < -0.39 is 31.3 Å². The quantitative estimate of drug-likeness (QED) is 0.500. The molecule has 0 amide bonds. The minimum Gasteiger partial charge on any atom is -0.481 e. The largest absolute Gasteiger partial charge is 0.481 e. The minimum atomic E-state index is -2.35. The fourth-order valence-electron chi connectivity index (χ4n) is 1.05. The molecule has 0 fully saturated rings. The summed E-state index contributed by atoms with van der Waals surface area (Å²) in [4.78, 5) is 21.2. The van der Waals surface area contributed by atoms with Gasteiger partial charge in [-0.05, 0) is 6.92 Å². The summed E-state index contributed by atoms with van der Waals surface area (Å²) in [6, 6.07) is 0. The van der Waals surface area contributed by atoms with Crippen molar-refractivity contribution < 1.29 is 29.1 Å². The molecule has 0 bridgehead atoms. The van der Waals surface area contributed by atoms with Gasteiger partial charge in [0.25, 0.3) is 0 Å². The first-order chi connectivity index (χ1) is 6.91. The van der Waals surface area contributed by atoms with E-state index in [9.17, 15) is 14.2 Å². The lowest BCUT2D eigenvalue weighted by Gasteiger charge is -2.15. The van der Waals surface area contributed by atoms with E-state index in [0.717, 1.165) is 0 Å². The van der Waals surface area contributed by atoms with E-state index >= 15 is 0 Å². The molecule has 0 aromatic heterocycles. The van der Waals surface area contributed by atoms with E-state index in [0.29, 0.717) is 6.61 Å². The highest BCUT2D eigenvalue weighted by Gasteiger charge is 2.35. The number of hydrogen-bond acceptors (Lipinski definition) is 4. The van der Waals surface area contributed by atoms with Crippen molar-refractivity contribution in [1.82, 2.24) is 0 Å². The van der Waals surface area contributed by atoms with Gasteiger partial charge in [0.2, 0.25) is 0 Å². The number of carboxylic acid groups (broad SMARTS) is 2. The van der Waals surface area contributed by atoms with Crippen molar-refractivity contribution in [3.05, 3.63) is 0 Å². The fraction of sp³-hybridized carbons (Fsp3) is 0.750. The van der Waals surface area contributed by atoms with Gasteiger partial charge in [-0.2, -0.15) is 0 Å². The summed E-state index contributed by atoms with van der Waals surface area (Å²) in [7, 11) is -2.35. The van der Waals surface area contributed by atoms with E-state index in [2.05, 4.69) is 0 Å². The van der Waals surface area contributed by atoms with Crippen LogP contribution < -0.4 is 0 Å². The minimum absolute atomic E-state index is 0.0700. The number of aliphatic carboxylic acids is 2. The zero-order valence-corrected chi connectivity index (χ0v) is 9.60. The van der Waals surface area contributed by atoms with Crippen LogP contribution in [0.1, 0.15) is 13.8 Å². The maximum Gasteiger partial charge on any atom is 0.318 e. The van der Waals surface area contributed by atoms with Gasteiger partial charge in [0.05, 0.1) is 6.35 Å². The topological polar surface area (TPSA) is 101 Å². The van der Waals surface area contributed by atoms with Gasteiger partial charge in [0.15, 0.2) is 5.92 Å². The van der Waals surface area contributed by atoms with Crippen LogP contribution in [0.3, 0.4) is 0 Å². The standard InChI is InChI=1S/C8H15O6P/c1-3-14-4-15(13)5(2)6(7(9)10)8(11)12/h5-6,15H,3-4H2,1-2H3,(H,9,10)(H,11,12). The molecule has 0 aromatic carbocycles. The van der Waals surface area contributed by atoms with Crippen molar-refractivity contribution >= 4 is 19.7 Å². The zero-order chi connectivity index (χ0) is 12.0. The molecule has 0 radical (unpaired) electrons. The van der Waals surface area contributed by atoms with Gasteiger partial charge >= 0.3 is 11.9 Å². The van der Waals surface area contributed by atoms with E-state index in [4.69, 9.17) is 14.9 Å². The summed E-state index contributed by atoms with van der Waals surface area (Å²) in [6.45, 7) is 3.44. The zero-order valence-electron chi connectivity index (χ0n) is 8.60. The molecule has 0 aliphatic heterocycles. The Bertz CT molecular complexity index is 250. The highest BCUT2D eigenvalue weighted by molar-refractivity contribution is 7.45. The lowest BCUT2D eigenvalue weighted by atomic mass is 10.1. The molecule has 2 atom stereocenters. The molecule has 15 heavy (non-hydrogen) atoms. The Balaban J connectivity index is 4.50. The van der Waals surface area contributed by atoms with E-state index in [1.807, 2.05) is 0 Å². The monoisotopic (exact) mass is 238 g/mol. The number of carbonyl (C=O) groups is 2. The third kappa shape index (κ3) is 4.44. The van der Waals surface area contributed by atoms with Crippen LogP contribution in [0.5, 0.6) is 0 Å². The Morgan fingerprint density at radius 2 is 1.80 bits per heavy atom. The SMILES string of the molecule is CCOC[PH](=O)C(C)C(C(=O)O)C(=O)O. The Labute approximate surface area is 88.0 Å². The molecule has 0 aliphatic carbocycles. The van der Waals surface area contributed by atoms with Crippen molar-refractivity contribution in [2.75, 3.05) is 13.0 Å². The second-order valence-electron chi connectivity index (χ2n) is 3.05. The van der Waals surface area contributed by atoms with Crippen molar-refractivity contribution in [3.8, 4) is 0 Å². The first-order valence-electron chi connectivity index (χ1n) is 4.47. The van der Waals surface area contributed by atoms with Crippen LogP contribution in [0, 0.1) is 5.92 Å². The summed E-state index contributed by atoms with van der Waals surface area (Å²) in [6.07, 6.45) is -0.0700. The third-order valence-corrected chi connectivity index (χ3v) is 3.83. The average Bonchev–Trinajstić information content (AvgIpc) is 2.12. The van der Waals surface area contributed by atoms with Crippen LogP contribution in [0.2, 0.25) is 0 Å². The number of carboxylic acids is 2. The average molecular weight is 238 g/mol. The second kappa shape index (κ2) is 6.58. The van der Waals surface area contributed by atoms with E-state index in [1.54, 1.807) is 6.92 Å². The molecule has 0 aliphatic rings. The third-order valence-electron chi connectivity index (χ3n) is 1.99. The Morgan fingerprint density at radius 1 is 1.33 bits per heavy atom. The fourth-order valence-corrected chi connectivity index (χ4v) is 2.38. The van der Waals surface area contributed by atoms with Crippen LogP contribution in [0.25, 0.3) is 0 Å². The van der Waals surface area contributed by atoms with Gasteiger partial charge in [-0.3, -0.25) is 9.59 Å². The summed E-state index contributed by atoms with van der Waals surface area (Å²) < 4.78 is 16.4. The molecule has 88 valence electrons. The first kappa shape index (κ1) is 14.1. The van der Waals surface area contributed by atoms with Gasteiger partial charge in [0, 0.05) is 12.3 Å². The van der Waals surface area contributed by atoms with Crippen molar-refractivity contribution in [1.29, 1.82) is 0 Å². The number of hydrogen-bond donors (Lipinski definition) is 2. The summed E-state index contributed by atoms with van der Waals surface area (Å²) in [5.41, 5.74) is -0.906. The molecular weight excluding hydrogens is 223 g/mol. The molecule has 6 nitrogen and oxygen atoms in total. The van der Waals surface area contributed by atoms with Crippen molar-refractivity contribution in [3.63, 3.8) is 0 Å². The summed E-state index contributed by atoms with van der Waals surface area (Å²) in [5, 5.41) is 17.3. The molecule has 7 heteroatoms. The molecule has 0 aromatic rings. The van der Waals surface area contributed by atoms with Gasteiger partial charge in [-0.25, -0.2) is 0 Å².